The summed E-state index contributed by atoms with van der Waals surface area (Å²) in [6, 6.07) is 9.53. The molecule has 0 aliphatic heterocycles. The zero-order chi connectivity index (χ0) is 17.1. The van der Waals surface area contributed by atoms with Crippen molar-refractivity contribution in [1.82, 2.24) is 0 Å². The second kappa shape index (κ2) is 7.20. The third kappa shape index (κ3) is 2.97. The van der Waals surface area contributed by atoms with Gasteiger partial charge in [-0.3, -0.25) is 4.79 Å². The van der Waals surface area contributed by atoms with E-state index < -0.39 is 0 Å². The van der Waals surface area contributed by atoms with Crippen LogP contribution in [-0.4, -0.2) is 25.4 Å². The van der Waals surface area contributed by atoms with Crippen LogP contribution in [0.2, 0.25) is 0 Å². The number of unbranched alkanes of at least 4 members (excludes halogenated alkanes) is 1. The largest absolute Gasteiger partial charge is 0.493 e. The molecule has 5 heteroatoms. The van der Waals surface area contributed by atoms with Gasteiger partial charge in [0.2, 0.25) is 0 Å². The van der Waals surface area contributed by atoms with E-state index in [1.165, 1.54) is 0 Å². The Morgan fingerprint density at radius 2 is 2.00 bits per heavy atom. The van der Waals surface area contributed by atoms with Gasteiger partial charge in [-0.25, -0.2) is 0 Å². The maximum absolute atomic E-state index is 13.0. The van der Waals surface area contributed by atoms with Crippen LogP contribution in [0, 0.1) is 6.92 Å². The summed E-state index contributed by atoms with van der Waals surface area (Å²) < 4.78 is 13.2. The van der Waals surface area contributed by atoms with Crippen LogP contribution in [0.25, 0.3) is 20.2 Å². The molecule has 0 fully saturated rings. The molecular weight excluding hydrogens is 324 g/mol. The molecule has 4 nitrogen and oxygen atoms in total. The SMILES string of the molecule is COc1cc(C)c2sc3ccccc3c(=O)c2c1OCCCCO. The minimum absolute atomic E-state index is 0.0292. The Hall–Kier alpha value is -2.11. The Balaban J connectivity index is 2.25. The highest BCUT2D eigenvalue weighted by molar-refractivity contribution is 7.24. The van der Waals surface area contributed by atoms with Crippen LogP contribution in [0.4, 0.5) is 0 Å². The Morgan fingerprint density at radius 1 is 1.21 bits per heavy atom. The quantitative estimate of drug-likeness (QED) is 0.544. The smallest absolute Gasteiger partial charge is 0.199 e. The topological polar surface area (TPSA) is 55.8 Å². The molecule has 0 radical (unpaired) electrons. The van der Waals surface area contributed by atoms with Crippen molar-refractivity contribution in [2.75, 3.05) is 20.3 Å². The molecule has 0 saturated carbocycles. The minimum Gasteiger partial charge on any atom is -0.493 e. The van der Waals surface area contributed by atoms with Crippen LogP contribution in [-0.2, 0) is 0 Å². The highest BCUT2D eigenvalue weighted by Crippen LogP contribution is 2.39. The van der Waals surface area contributed by atoms with E-state index in [1.54, 1.807) is 18.4 Å². The summed E-state index contributed by atoms with van der Waals surface area (Å²) in [5.74, 6) is 1.08. The molecule has 126 valence electrons. The summed E-state index contributed by atoms with van der Waals surface area (Å²) in [5.41, 5.74) is 0.968. The molecule has 1 N–H and O–H groups in total. The molecule has 0 amide bonds. The number of hydrogen-bond acceptors (Lipinski definition) is 5. The van der Waals surface area contributed by atoms with Gasteiger partial charge >= 0.3 is 0 Å². The third-order valence-corrected chi connectivity index (χ3v) is 5.28. The number of aliphatic hydroxyl groups excluding tert-OH is 1. The normalized spacial score (nSPS) is 11.1. The van der Waals surface area contributed by atoms with Crippen LogP contribution in [0.1, 0.15) is 18.4 Å². The molecule has 3 aromatic rings. The number of aliphatic hydroxyl groups is 1. The van der Waals surface area contributed by atoms with E-state index in [0.717, 1.165) is 21.4 Å². The van der Waals surface area contributed by atoms with E-state index >= 15 is 0 Å². The van der Waals surface area contributed by atoms with Crippen LogP contribution in [0.15, 0.2) is 35.1 Å². The number of aryl methyl sites for hydroxylation is 1. The number of ether oxygens (including phenoxy) is 2. The maximum atomic E-state index is 13.0. The lowest BCUT2D eigenvalue weighted by Crippen LogP contribution is -2.08. The molecule has 0 spiro atoms. The minimum atomic E-state index is -0.0292. The van der Waals surface area contributed by atoms with Gasteiger partial charge in [-0.1, -0.05) is 12.1 Å². The van der Waals surface area contributed by atoms with Crippen molar-refractivity contribution in [1.29, 1.82) is 0 Å². The molecule has 0 aliphatic rings. The average molecular weight is 344 g/mol. The Labute approximate surface area is 144 Å². The van der Waals surface area contributed by atoms with Gasteiger partial charge in [0.1, 0.15) is 0 Å². The highest BCUT2D eigenvalue weighted by atomic mass is 32.1. The zero-order valence-corrected chi connectivity index (χ0v) is 14.6. The monoisotopic (exact) mass is 344 g/mol. The van der Waals surface area contributed by atoms with Gasteiger partial charge in [-0.15, -0.1) is 11.3 Å². The van der Waals surface area contributed by atoms with E-state index in [9.17, 15) is 4.79 Å². The molecular formula is C19H20O4S. The Kier molecular flexibility index (Phi) is 5.02. The third-order valence-electron chi connectivity index (χ3n) is 3.97. The summed E-state index contributed by atoms with van der Waals surface area (Å²) in [7, 11) is 1.58. The Morgan fingerprint density at radius 3 is 2.75 bits per heavy atom. The van der Waals surface area contributed by atoms with Gasteiger partial charge in [-0.05, 0) is 43.5 Å². The van der Waals surface area contributed by atoms with Crippen molar-refractivity contribution in [2.24, 2.45) is 0 Å². The molecule has 1 aromatic heterocycles. The van der Waals surface area contributed by atoms with Gasteiger partial charge in [0, 0.05) is 21.4 Å². The molecule has 3 rings (SSSR count). The lowest BCUT2D eigenvalue weighted by molar-refractivity contribution is 0.249. The fourth-order valence-corrected chi connectivity index (χ4v) is 3.90. The number of hydrogen-bond donors (Lipinski definition) is 1. The second-order valence-electron chi connectivity index (χ2n) is 5.64. The van der Waals surface area contributed by atoms with Crippen molar-refractivity contribution >= 4 is 31.5 Å². The first-order valence-electron chi connectivity index (χ1n) is 7.94. The summed E-state index contributed by atoms with van der Waals surface area (Å²) >= 11 is 1.59. The number of methoxy groups -OCH3 is 1. The summed E-state index contributed by atoms with van der Waals surface area (Å²) in [4.78, 5) is 13.0. The first kappa shape index (κ1) is 16.7. The highest BCUT2D eigenvalue weighted by Gasteiger charge is 2.18. The van der Waals surface area contributed by atoms with E-state index in [4.69, 9.17) is 14.6 Å². The fraction of sp³-hybridized carbons (Fsp3) is 0.316. The van der Waals surface area contributed by atoms with Crippen LogP contribution in [0.3, 0.4) is 0 Å². The Bertz CT molecular complexity index is 930. The van der Waals surface area contributed by atoms with Crippen LogP contribution in [0.5, 0.6) is 11.5 Å². The lowest BCUT2D eigenvalue weighted by atomic mass is 10.1. The maximum Gasteiger partial charge on any atom is 0.199 e. The molecule has 0 bridgehead atoms. The molecule has 24 heavy (non-hydrogen) atoms. The van der Waals surface area contributed by atoms with Crippen molar-refractivity contribution in [3.05, 3.63) is 46.1 Å². The first-order chi connectivity index (χ1) is 11.7. The first-order valence-corrected chi connectivity index (χ1v) is 8.75. The van der Waals surface area contributed by atoms with E-state index in [2.05, 4.69) is 0 Å². The summed E-state index contributed by atoms with van der Waals surface area (Å²) in [6.45, 7) is 2.55. The summed E-state index contributed by atoms with van der Waals surface area (Å²) in [5, 5.41) is 10.2. The van der Waals surface area contributed by atoms with Crippen LogP contribution >= 0.6 is 11.3 Å². The number of fused-ring (bicyclic) bond motifs is 2. The van der Waals surface area contributed by atoms with Crippen molar-refractivity contribution in [3.8, 4) is 11.5 Å². The van der Waals surface area contributed by atoms with E-state index in [1.807, 2.05) is 37.3 Å². The van der Waals surface area contributed by atoms with Crippen molar-refractivity contribution < 1.29 is 14.6 Å². The molecule has 0 aliphatic carbocycles. The van der Waals surface area contributed by atoms with Gasteiger partial charge in [-0.2, -0.15) is 0 Å². The molecule has 2 aromatic carbocycles. The summed E-state index contributed by atoms with van der Waals surface area (Å²) in [6.07, 6.45) is 1.39. The van der Waals surface area contributed by atoms with Gasteiger partial charge < -0.3 is 14.6 Å². The molecule has 0 unspecified atom stereocenters. The number of rotatable bonds is 6. The standard InChI is InChI=1S/C19H20O4S/c1-12-11-14(22-2)18(23-10-6-5-9-20)16-17(21)13-7-3-4-8-15(13)24-19(12)16/h3-4,7-8,11,20H,5-6,9-10H2,1-2H3. The molecule has 0 saturated heterocycles. The van der Waals surface area contributed by atoms with Crippen molar-refractivity contribution in [2.45, 2.75) is 19.8 Å². The fourth-order valence-electron chi connectivity index (χ4n) is 2.76. The molecule has 0 atom stereocenters. The predicted molar refractivity (Wildman–Crippen MR) is 98.7 cm³/mol. The van der Waals surface area contributed by atoms with Crippen molar-refractivity contribution in [3.63, 3.8) is 0 Å². The second-order valence-corrected chi connectivity index (χ2v) is 6.69. The zero-order valence-electron chi connectivity index (χ0n) is 13.8. The van der Waals surface area contributed by atoms with Gasteiger partial charge in [0.05, 0.1) is 19.1 Å². The average Bonchev–Trinajstić information content (AvgIpc) is 2.60. The predicted octanol–water partition coefficient (Wildman–Crippen LogP) is 3.88. The van der Waals surface area contributed by atoms with Gasteiger partial charge in [0.15, 0.2) is 16.9 Å². The van der Waals surface area contributed by atoms with E-state index in [0.29, 0.717) is 35.3 Å². The lowest BCUT2D eigenvalue weighted by Gasteiger charge is -2.15. The van der Waals surface area contributed by atoms with Gasteiger partial charge in [0.25, 0.3) is 0 Å². The number of benzene rings is 2. The van der Waals surface area contributed by atoms with E-state index in [-0.39, 0.29) is 12.0 Å². The van der Waals surface area contributed by atoms with Crippen LogP contribution < -0.4 is 14.9 Å². The molecule has 1 heterocycles.